The Labute approximate surface area is 171 Å². The summed E-state index contributed by atoms with van der Waals surface area (Å²) in [6.07, 6.45) is 0. The number of aryl methyl sites for hydroxylation is 2. The van der Waals surface area contributed by atoms with Crippen molar-refractivity contribution >= 4 is 17.5 Å². The second-order valence-electron chi connectivity index (χ2n) is 7.39. The SMILES string of the molecule is Cc1cccc(C)c1NC(=O)CN(C)CC(=O)N[C@@H](C)c1ccc2c(c1)OCO2. The fourth-order valence-corrected chi connectivity index (χ4v) is 3.29. The fourth-order valence-electron chi connectivity index (χ4n) is 3.29. The van der Waals surface area contributed by atoms with Gasteiger partial charge in [0, 0.05) is 5.69 Å². The molecule has 0 spiro atoms. The zero-order valence-electron chi connectivity index (χ0n) is 17.2. The van der Waals surface area contributed by atoms with Gasteiger partial charge < -0.3 is 20.1 Å². The van der Waals surface area contributed by atoms with Crippen LogP contribution >= 0.6 is 0 Å². The second-order valence-corrected chi connectivity index (χ2v) is 7.39. The molecule has 2 aromatic carbocycles. The average molecular weight is 397 g/mol. The molecule has 1 atom stereocenters. The molecule has 3 rings (SSSR count). The maximum absolute atomic E-state index is 12.4. The first kappa shape index (κ1) is 20.7. The van der Waals surface area contributed by atoms with Gasteiger partial charge in [-0.1, -0.05) is 24.3 Å². The lowest BCUT2D eigenvalue weighted by atomic mass is 10.1. The monoisotopic (exact) mass is 397 g/mol. The number of rotatable bonds is 7. The van der Waals surface area contributed by atoms with Gasteiger partial charge in [0.1, 0.15) is 0 Å². The van der Waals surface area contributed by atoms with E-state index in [1.54, 1.807) is 11.9 Å². The molecule has 0 saturated carbocycles. The van der Waals surface area contributed by atoms with Gasteiger partial charge in [0.05, 0.1) is 19.1 Å². The van der Waals surface area contributed by atoms with E-state index >= 15 is 0 Å². The van der Waals surface area contributed by atoms with Crippen molar-refractivity contribution < 1.29 is 19.1 Å². The molecule has 0 aliphatic carbocycles. The molecule has 2 N–H and O–H groups in total. The molecular weight excluding hydrogens is 370 g/mol. The van der Waals surface area contributed by atoms with Crippen LogP contribution in [0.15, 0.2) is 36.4 Å². The number of carbonyl (C=O) groups excluding carboxylic acids is 2. The van der Waals surface area contributed by atoms with Gasteiger partial charge in [0.2, 0.25) is 18.6 Å². The number of para-hydroxylation sites is 1. The number of anilines is 1. The van der Waals surface area contributed by atoms with Crippen LogP contribution in [-0.2, 0) is 9.59 Å². The van der Waals surface area contributed by atoms with Gasteiger partial charge >= 0.3 is 0 Å². The zero-order chi connectivity index (χ0) is 21.0. The minimum Gasteiger partial charge on any atom is -0.454 e. The normalized spacial score (nSPS) is 13.3. The van der Waals surface area contributed by atoms with E-state index in [0.29, 0.717) is 11.5 Å². The van der Waals surface area contributed by atoms with Gasteiger partial charge in [0.25, 0.3) is 0 Å². The van der Waals surface area contributed by atoms with Crippen molar-refractivity contribution in [3.05, 3.63) is 53.1 Å². The quantitative estimate of drug-likeness (QED) is 0.751. The molecule has 7 nitrogen and oxygen atoms in total. The van der Waals surface area contributed by atoms with Gasteiger partial charge in [-0.2, -0.15) is 0 Å². The van der Waals surface area contributed by atoms with Gasteiger partial charge in [-0.05, 0) is 56.6 Å². The number of likely N-dealkylation sites (N-methyl/N-ethyl adjacent to an activating group) is 1. The van der Waals surface area contributed by atoms with E-state index in [2.05, 4.69) is 10.6 Å². The highest BCUT2D eigenvalue weighted by Crippen LogP contribution is 2.34. The van der Waals surface area contributed by atoms with Gasteiger partial charge in [-0.3, -0.25) is 14.5 Å². The molecule has 0 bridgehead atoms. The van der Waals surface area contributed by atoms with Crippen LogP contribution in [0.2, 0.25) is 0 Å². The summed E-state index contributed by atoms with van der Waals surface area (Å²) >= 11 is 0. The Morgan fingerprint density at radius 2 is 1.69 bits per heavy atom. The molecule has 7 heteroatoms. The maximum Gasteiger partial charge on any atom is 0.238 e. The molecular formula is C22H27N3O4. The molecule has 0 fully saturated rings. The number of hydrogen-bond acceptors (Lipinski definition) is 5. The number of benzene rings is 2. The number of ether oxygens (including phenoxy) is 2. The Hall–Kier alpha value is -3.06. The van der Waals surface area contributed by atoms with Crippen LogP contribution in [0, 0.1) is 13.8 Å². The standard InChI is InChI=1S/C22H27N3O4/c1-14-6-5-7-15(2)22(14)24-21(27)12-25(4)11-20(26)23-16(3)17-8-9-18-19(10-17)29-13-28-18/h5-10,16H,11-13H2,1-4H3,(H,23,26)(H,24,27)/t16-/m0/s1. The molecule has 2 aromatic rings. The van der Waals surface area contributed by atoms with E-state index in [1.807, 2.05) is 57.2 Å². The maximum atomic E-state index is 12.4. The first-order chi connectivity index (χ1) is 13.8. The minimum absolute atomic E-state index is 0.120. The van der Waals surface area contributed by atoms with Crippen molar-refractivity contribution in [2.24, 2.45) is 0 Å². The number of fused-ring (bicyclic) bond motifs is 1. The number of nitrogens with one attached hydrogen (secondary N) is 2. The molecule has 0 saturated heterocycles. The summed E-state index contributed by atoms with van der Waals surface area (Å²) in [5, 5.41) is 5.89. The van der Waals surface area contributed by atoms with Crippen LogP contribution in [-0.4, -0.2) is 43.6 Å². The molecule has 29 heavy (non-hydrogen) atoms. The Bertz CT molecular complexity index is 893. The lowest BCUT2D eigenvalue weighted by molar-refractivity contribution is -0.123. The van der Waals surface area contributed by atoms with Crippen LogP contribution in [0.5, 0.6) is 11.5 Å². The van der Waals surface area contributed by atoms with Crippen molar-refractivity contribution in [2.75, 3.05) is 32.2 Å². The molecule has 0 aromatic heterocycles. The van der Waals surface area contributed by atoms with Crippen molar-refractivity contribution in [3.63, 3.8) is 0 Å². The third-order valence-electron chi connectivity index (χ3n) is 4.85. The van der Waals surface area contributed by atoms with Gasteiger partial charge in [-0.15, -0.1) is 0 Å². The number of carbonyl (C=O) groups is 2. The fraction of sp³-hybridized carbons (Fsp3) is 0.364. The predicted octanol–water partition coefficient (Wildman–Crippen LogP) is 2.78. The van der Waals surface area contributed by atoms with Crippen molar-refractivity contribution in [1.29, 1.82) is 0 Å². The number of hydrogen-bond donors (Lipinski definition) is 2. The molecule has 0 unspecified atom stereocenters. The lowest BCUT2D eigenvalue weighted by Gasteiger charge is -2.20. The predicted molar refractivity (Wildman–Crippen MR) is 111 cm³/mol. The molecule has 0 radical (unpaired) electrons. The summed E-state index contributed by atoms with van der Waals surface area (Å²) < 4.78 is 10.7. The topological polar surface area (TPSA) is 79.9 Å². The van der Waals surface area contributed by atoms with Crippen LogP contribution in [0.3, 0.4) is 0 Å². The lowest BCUT2D eigenvalue weighted by Crippen LogP contribution is -2.39. The number of nitrogens with zero attached hydrogens (tertiary/aromatic N) is 1. The van der Waals surface area contributed by atoms with Gasteiger partial charge in [0.15, 0.2) is 11.5 Å². The highest BCUT2D eigenvalue weighted by Gasteiger charge is 2.18. The first-order valence-electron chi connectivity index (χ1n) is 9.57. The minimum atomic E-state index is -0.186. The van der Waals surface area contributed by atoms with E-state index in [9.17, 15) is 9.59 Å². The first-order valence-corrected chi connectivity index (χ1v) is 9.57. The molecule has 1 aliphatic heterocycles. The summed E-state index contributed by atoms with van der Waals surface area (Å²) in [6.45, 7) is 6.28. The Balaban J connectivity index is 1.49. The van der Waals surface area contributed by atoms with E-state index in [-0.39, 0.29) is 37.7 Å². The van der Waals surface area contributed by atoms with E-state index in [4.69, 9.17) is 9.47 Å². The van der Waals surface area contributed by atoms with E-state index < -0.39 is 0 Å². The Morgan fingerprint density at radius 3 is 2.41 bits per heavy atom. The summed E-state index contributed by atoms with van der Waals surface area (Å²) in [5.41, 5.74) is 3.78. The molecule has 1 aliphatic rings. The van der Waals surface area contributed by atoms with Crippen molar-refractivity contribution in [3.8, 4) is 11.5 Å². The van der Waals surface area contributed by atoms with E-state index in [1.165, 1.54) is 0 Å². The van der Waals surface area contributed by atoms with Crippen LogP contribution in [0.1, 0.15) is 29.7 Å². The van der Waals surface area contributed by atoms with Crippen molar-refractivity contribution in [2.45, 2.75) is 26.8 Å². The highest BCUT2D eigenvalue weighted by atomic mass is 16.7. The van der Waals surface area contributed by atoms with Gasteiger partial charge in [-0.25, -0.2) is 0 Å². The largest absolute Gasteiger partial charge is 0.454 e. The molecule has 2 amide bonds. The summed E-state index contributed by atoms with van der Waals surface area (Å²) in [7, 11) is 1.75. The smallest absolute Gasteiger partial charge is 0.238 e. The Kier molecular flexibility index (Phi) is 6.39. The highest BCUT2D eigenvalue weighted by molar-refractivity contribution is 5.94. The summed E-state index contributed by atoms with van der Waals surface area (Å²) in [6, 6.07) is 11.3. The molecule has 1 heterocycles. The Morgan fingerprint density at radius 1 is 1.03 bits per heavy atom. The van der Waals surface area contributed by atoms with Crippen LogP contribution < -0.4 is 20.1 Å². The van der Waals surface area contributed by atoms with Crippen LogP contribution in [0.25, 0.3) is 0 Å². The summed E-state index contributed by atoms with van der Waals surface area (Å²) in [4.78, 5) is 26.4. The van der Waals surface area contributed by atoms with Crippen LogP contribution in [0.4, 0.5) is 5.69 Å². The van der Waals surface area contributed by atoms with E-state index in [0.717, 1.165) is 22.4 Å². The van der Waals surface area contributed by atoms with Crippen molar-refractivity contribution in [1.82, 2.24) is 10.2 Å². The third kappa shape index (κ3) is 5.26. The second kappa shape index (κ2) is 8.96. The molecule has 154 valence electrons. The number of amides is 2. The zero-order valence-corrected chi connectivity index (χ0v) is 17.2. The average Bonchev–Trinajstić information content (AvgIpc) is 3.12. The third-order valence-corrected chi connectivity index (χ3v) is 4.85. The summed E-state index contributed by atoms with van der Waals surface area (Å²) in [5.74, 6) is 1.09.